The van der Waals surface area contributed by atoms with Crippen molar-refractivity contribution in [3.8, 4) is 0 Å². The van der Waals surface area contributed by atoms with Gasteiger partial charge in [0, 0.05) is 36.7 Å². The normalized spacial score (nSPS) is 21.0. The summed E-state index contributed by atoms with van der Waals surface area (Å²) in [5.41, 5.74) is 2.25. The van der Waals surface area contributed by atoms with Crippen LogP contribution in [0.2, 0.25) is 0 Å². The largest absolute Gasteiger partial charge is 0.370 e. The molecule has 126 valence electrons. The van der Waals surface area contributed by atoms with E-state index in [-0.39, 0.29) is 12.0 Å². The molecule has 0 radical (unpaired) electrons. The predicted molar refractivity (Wildman–Crippen MR) is 90.0 cm³/mol. The Morgan fingerprint density at radius 1 is 1.25 bits per heavy atom. The van der Waals surface area contributed by atoms with Crippen LogP contribution in [0.25, 0.3) is 0 Å². The molecule has 4 rings (SSSR count). The first-order valence-electron chi connectivity index (χ1n) is 8.73. The van der Waals surface area contributed by atoms with E-state index in [0.29, 0.717) is 25.6 Å². The molecule has 5 heteroatoms. The fourth-order valence-corrected chi connectivity index (χ4v) is 3.44. The van der Waals surface area contributed by atoms with Gasteiger partial charge in [-0.25, -0.2) is 0 Å². The van der Waals surface area contributed by atoms with Gasteiger partial charge in [0.1, 0.15) is 0 Å². The lowest BCUT2D eigenvalue weighted by molar-refractivity contribution is -0.140. The van der Waals surface area contributed by atoms with Crippen molar-refractivity contribution in [2.45, 2.75) is 45.1 Å². The van der Waals surface area contributed by atoms with Gasteiger partial charge in [0.2, 0.25) is 5.91 Å². The summed E-state index contributed by atoms with van der Waals surface area (Å²) in [6, 6.07) is 8.08. The van der Waals surface area contributed by atoms with Gasteiger partial charge in [-0.1, -0.05) is 12.5 Å². The van der Waals surface area contributed by atoms with E-state index >= 15 is 0 Å². The molecule has 1 fully saturated rings. The number of ether oxygens (including phenoxy) is 1. The van der Waals surface area contributed by atoms with Crippen molar-refractivity contribution in [1.82, 2.24) is 14.5 Å². The summed E-state index contributed by atoms with van der Waals surface area (Å²) in [5.74, 6) is 0.524. The lowest BCUT2D eigenvalue weighted by atomic mass is 9.84. The number of carbonyl (C=O) groups is 1. The van der Waals surface area contributed by atoms with Crippen molar-refractivity contribution in [2.24, 2.45) is 5.92 Å². The molecule has 0 unspecified atom stereocenters. The summed E-state index contributed by atoms with van der Waals surface area (Å²) in [6.07, 6.45) is 8.93. The molecule has 0 N–H and O–H groups in total. The molecule has 24 heavy (non-hydrogen) atoms. The van der Waals surface area contributed by atoms with Gasteiger partial charge in [-0.05, 0) is 36.6 Å². The Morgan fingerprint density at radius 3 is 2.92 bits per heavy atom. The van der Waals surface area contributed by atoms with E-state index in [9.17, 15) is 4.79 Å². The standard InChI is InChI=1S/C19H23N3O2/c23-19(16-5-1-6-16)22-11-17-7-3-9-21(17)12-18(13-22)24-14-15-4-2-8-20-10-15/h2-4,7-10,16,18H,1,5-6,11-14H2/t18-/m1/s1. The molecule has 0 aromatic carbocycles. The Balaban J connectivity index is 1.47. The van der Waals surface area contributed by atoms with Crippen molar-refractivity contribution in [3.05, 3.63) is 54.1 Å². The maximum atomic E-state index is 12.7. The molecule has 2 aromatic heterocycles. The Bertz CT molecular complexity index is 694. The minimum Gasteiger partial charge on any atom is -0.370 e. The van der Waals surface area contributed by atoms with Crippen molar-refractivity contribution < 1.29 is 9.53 Å². The first-order chi connectivity index (χ1) is 11.8. The summed E-state index contributed by atoms with van der Waals surface area (Å²) in [6.45, 7) is 2.67. The van der Waals surface area contributed by atoms with Crippen LogP contribution in [0.1, 0.15) is 30.5 Å². The third-order valence-electron chi connectivity index (χ3n) is 5.08. The summed E-state index contributed by atoms with van der Waals surface area (Å²) >= 11 is 0. The van der Waals surface area contributed by atoms with E-state index in [0.717, 1.165) is 24.9 Å². The predicted octanol–water partition coefficient (Wildman–Crippen LogP) is 2.61. The smallest absolute Gasteiger partial charge is 0.226 e. The van der Waals surface area contributed by atoms with Gasteiger partial charge in [0.25, 0.3) is 0 Å². The van der Waals surface area contributed by atoms with Crippen LogP contribution in [-0.2, 0) is 29.2 Å². The Morgan fingerprint density at radius 2 is 2.17 bits per heavy atom. The number of nitrogens with zero attached hydrogens (tertiary/aromatic N) is 3. The number of hydrogen-bond donors (Lipinski definition) is 0. The van der Waals surface area contributed by atoms with E-state index in [1.54, 1.807) is 6.20 Å². The molecule has 0 spiro atoms. The highest BCUT2D eigenvalue weighted by molar-refractivity contribution is 5.79. The van der Waals surface area contributed by atoms with E-state index < -0.39 is 0 Å². The fourth-order valence-electron chi connectivity index (χ4n) is 3.44. The molecule has 0 saturated heterocycles. The second kappa shape index (κ2) is 6.77. The maximum Gasteiger partial charge on any atom is 0.226 e. The molecule has 2 aliphatic rings. The van der Waals surface area contributed by atoms with Crippen LogP contribution in [0, 0.1) is 5.92 Å². The average molecular weight is 325 g/mol. The van der Waals surface area contributed by atoms with Gasteiger partial charge in [-0.2, -0.15) is 0 Å². The lowest BCUT2D eigenvalue weighted by Crippen LogP contribution is -2.42. The van der Waals surface area contributed by atoms with Crippen molar-refractivity contribution in [3.63, 3.8) is 0 Å². The minimum atomic E-state index is 0.00267. The number of pyridine rings is 1. The van der Waals surface area contributed by atoms with Gasteiger partial charge in [0.05, 0.1) is 25.8 Å². The molecular formula is C19H23N3O2. The Hall–Kier alpha value is -2.14. The number of amides is 1. The van der Waals surface area contributed by atoms with E-state index in [1.807, 2.05) is 29.3 Å². The van der Waals surface area contributed by atoms with Crippen LogP contribution in [0.4, 0.5) is 0 Å². The third kappa shape index (κ3) is 3.22. The second-order valence-corrected chi connectivity index (χ2v) is 6.79. The molecule has 2 aromatic rings. The Labute approximate surface area is 142 Å². The van der Waals surface area contributed by atoms with E-state index in [1.165, 1.54) is 12.1 Å². The Kier molecular flexibility index (Phi) is 4.34. The van der Waals surface area contributed by atoms with Crippen molar-refractivity contribution in [1.29, 1.82) is 0 Å². The number of carbonyl (C=O) groups excluding carboxylic acids is 1. The zero-order chi connectivity index (χ0) is 16.4. The molecular weight excluding hydrogens is 302 g/mol. The van der Waals surface area contributed by atoms with Gasteiger partial charge < -0.3 is 14.2 Å². The second-order valence-electron chi connectivity index (χ2n) is 6.79. The maximum absolute atomic E-state index is 12.7. The number of hydrogen-bond acceptors (Lipinski definition) is 3. The fraction of sp³-hybridized carbons (Fsp3) is 0.474. The van der Waals surface area contributed by atoms with Gasteiger partial charge in [0.15, 0.2) is 0 Å². The molecule has 1 aliphatic carbocycles. The van der Waals surface area contributed by atoms with Crippen LogP contribution in [-0.4, -0.2) is 33.0 Å². The van der Waals surface area contributed by atoms with Crippen LogP contribution in [0.3, 0.4) is 0 Å². The molecule has 1 saturated carbocycles. The van der Waals surface area contributed by atoms with Gasteiger partial charge in [-0.3, -0.25) is 9.78 Å². The molecule has 1 atom stereocenters. The zero-order valence-electron chi connectivity index (χ0n) is 13.8. The SMILES string of the molecule is O=C(C1CCC1)N1Cc2cccn2C[C@@H](OCc2cccnc2)C1. The molecule has 1 aliphatic heterocycles. The van der Waals surface area contributed by atoms with Crippen LogP contribution in [0.15, 0.2) is 42.9 Å². The van der Waals surface area contributed by atoms with Crippen molar-refractivity contribution >= 4 is 5.91 Å². The highest BCUT2D eigenvalue weighted by Crippen LogP contribution is 2.29. The van der Waals surface area contributed by atoms with Gasteiger partial charge in [-0.15, -0.1) is 0 Å². The first-order valence-corrected chi connectivity index (χ1v) is 8.73. The summed E-state index contributed by atoms with van der Waals surface area (Å²) in [7, 11) is 0. The van der Waals surface area contributed by atoms with E-state index in [2.05, 4.69) is 21.8 Å². The van der Waals surface area contributed by atoms with Crippen molar-refractivity contribution in [2.75, 3.05) is 6.54 Å². The highest BCUT2D eigenvalue weighted by Gasteiger charge is 2.32. The summed E-state index contributed by atoms with van der Waals surface area (Å²) < 4.78 is 8.34. The van der Waals surface area contributed by atoms with E-state index in [4.69, 9.17) is 4.74 Å². The van der Waals surface area contributed by atoms with Gasteiger partial charge >= 0.3 is 0 Å². The third-order valence-corrected chi connectivity index (χ3v) is 5.08. The molecule has 5 nitrogen and oxygen atoms in total. The minimum absolute atomic E-state index is 0.00267. The molecule has 3 heterocycles. The highest BCUT2D eigenvalue weighted by atomic mass is 16.5. The topological polar surface area (TPSA) is 47.4 Å². The molecule has 0 bridgehead atoms. The summed E-state index contributed by atoms with van der Waals surface area (Å²) in [4.78, 5) is 18.9. The number of aromatic nitrogens is 2. The molecule has 1 amide bonds. The monoisotopic (exact) mass is 325 g/mol. The van der Waals surface area contributed by atoms with Crippen LogP contribution >= 0.6 is 0 Å². The lowest BCUT2D eigenvalue weighted by Gasteiger charge is -2.32. The number of rotatable bonds is 4. The summed E-state index contributed by atoms with van der Waals surface area (Å²) in [5, 5.41) is 0. The van der Waals surface area contributed by atoms with Crippen LogP contribution in [0.5, 0.6) is 0 Å². The zero-order valence-corrected chi connectivity index (χ0v) is 13.8. The number of fused-ring (bicyclic) bond motifs is 1. The first kappa shape index (κ1) is 15.4. The quantitative estimate of drug-likeness (QED) is 0.868. The average Bonchev–Trinajstić information content (AvgIpc) is 2.90. The van der Waals surface area contributed by atoms with Crippen LogP contribution < -0.4 is 0 Å².